The first-order valence-corrected chi connectivity index (χ1v) is 8.24. The molecule has 2 aromatic carbocycles. The molecule has 1 amide bonds. The van der Waals surface area contributed by atoms with Crippen molar-refractivity contribution in [3.63, 3.8) is 0 Å². The number of fused-ring (bicyclic) bond motifs is 1. The largest absolute Gasteiger partial charge is 0.496 e. The van der Waals surface area contributed by atoms with Crippen molar-refractivity contribution >= 4 is 16.8 Å². The number of pyridine rings is 1. The number of methoxy groups -OCH3 is 1. The molecule has 1 heterocycles. The molecule has 0 aliphatic carbocycles. The van der Waals surface area contributed by atoms with E-state index in [9.17, 15) is 10.0 Å². The molecule has 0 aliphatic heterocycles. The van der Waals surface area contributed by atoms with Crippen LogP contribution in [0.25, 0.3) is 10.9 Å². The van der Waals surface area contributed by atoms with E-state index in [-0.39, 0.29) is 12.2 Å². The number of amides is 1. The first kappa shape index (κ1) is 17.7. The van der Waals surface area contributed by atoms with Crippen molar-refractivity contribution in [2.24, 2.45) is 0 Å². The van der Waals surface area contributed by atoms with Crippen LogP contribution in [0.5, 0.6) is 11.5 Å². The van der Waals surface area contributed by atoms with Gasteiger partial charge in [-0.1, -0.05) is 30.3 Å². The maximum Gasteiger partial charge on any atom is 0.296 e. The number of rotatable bonds is 6. The number of nitrogens with zero attached hydrogens (tertiary/aromatic N) is 2. The van der Waals surface area contributed by atoms with Gasteiger partial charge in [0.05, 0.1) is 19.2 Å². The van der Waals surface area contributed by atoms with Gasteiger partial charge in [0, 0.05) is 11.5 Å². The van der Waals surface area contributed by atoms with Crippen molar-refractivity contribution in [2.45, 2.75) is 13.0 Å². The smallest absolute Gasteiger partial charge is 0.296 e. The fraction of sp³-hybridized carbons (Fsp3) is 0.200. The van der Waals surface area contributed by atoms with Crippen LogP contribution in [-0.2, 0) is 0 Å². The van der Waals surface area contributed by atoms with Gasteiger partial charge in [-0.2, -0.15) is 0 Å². The van der Waals surface area contributed by atoms with Crippen LogP contribution in [0, 0.1) is 0 Å². The number of hydrogen-bond acceptors (Lipinski definition) is 5. The van der Waals surface area contributed by atoms with E-state index in [4.69, 9.17) is 9.47 Å². The van der Waals surface area contributed by atoms with Crippen LogP contribution >= 0.6 is 0 Å². The molecule has 1 N–H and O–H groups in total. The van der Waals surface area contributed by atoms with Crippen molar-refractivity contribution in [1.82, 2.24) is 10.0 Å². The van der Waals surface area contributed by atoms with Crippen LogP contribution in [0.15, 0.2) is 60.7 Å². The van der Waals surface area contributed by atoms with E-state index >= 15 is 0 Å². The standard InChI is InChI=1S/C20H20N2O4/c1-14(26-15-8-4-3-5-9-15)13-22(24)20(23)18-12-19(25-2)16-10-6-7-11-17(16)21-18/h3-12,14,24H,13H2,1-2H3/t14-/m1/s1. The highest BCUT2D eigenvalue weighted by molar-refractivity contribution is 5.96. The van der Waals surface area contributed by atoms with E-state index in [0.29, 0.717) is 22.1 Å². The number of aromatic nitrogens is 1. The summed E-state index contributed by atoms with van der Waals surface area (Å²) in [5.41, 5.74) is 0.729. The van der Waals surface area contributed by atoms with Gasteiger partial charge in [0.2, 0.25) is 0 Å². The van der Waals surface area contributed by atoms with Crippen LogP contribution in [0.4, 0.5) is 0 Å². The molecule has 0 unspecified atom stereocenters. The highest BCUT2D eigenvalue weighted by atomic mass is 16.5. The van der Waals surface area contributed by atoms with Crippen molar-refractivity contribution in [1.29, 1.82) is 0 Å². The number of benzene rings is 2. The Labute approximate surface area is 151 Å². The highest BCUT2D eigenvalue weighted by Crippen LogP contribution is 2.25. The fourth-order valence-corrected chi connectivity index (χ4v) is 2.65. The van der Waals surface area contributed by atoms with E-state index in [2.05, 4.69) is 4.98 Å². The van der Waals surface area contributed by atoms with Gasteiger partial charge >= 0.3 is 0 Å². The Balaban J connectivity index is 1.75. The molecule has 0 bridgehead atoms. The number of carbonyl (C=O) groups is 1. The van der Waals surface area contributed by atoms with Gasteiger partial charge in [-0.3, -0.25) is 10.0 Å². The van der Waals surface area contributed by atoms with Crippen LogP contribution < -0.4 is 9.47 Å². The lowest BCUT2D eigenvalue weighted by atomic mass is 10.1. The van der Waals surface area contributed by atoms with Crippen LogP contribution in [0.2, 0.25) is 0 Å². The number of para-hydroxylation sites is 2. The first-order chi connectivity index (χ1) is 12.6. The third-order valence-corrected chi connectivity index (χ3v) is 3.86. The quantitative estimate of drug-likeness (QED) is 0.543. The van der Waals surface area contributed by atoms with Crippen molar-refractivity contribution in [3.8, 4) is 11.5 Å². The van der Waals surface area contributed by atoms with Crippen LogP contribution in [-0.4, -0.2) is 40.9 Å². The van der Waals surface area contributed by atoms with Crippen molar-refractivity contribution in [3.05, 3.63) is 66.4 Å². The second-order valence-electron chi connectivity index (χ2n) is 5.86. The minimum absolute atomic E-state index is 0.00451. The van der Waals surface area contributed by atoms with Crippen molar-refractivity contribution in [2.75, 3.05) is 13.7 Å². The Hall–Kier alpha value is -3.12. The van der Waals surface area contributed by atoms with Gasteiger partial charge in [0.15, 0.2) is 0 Å². The topological polar surface area (TPSA) is 71.9 Å². The van der Waals surface area contributed by atoms with Gasteiger partial charge in [0.1, 0.15) is 23.3 Å². The summed E-state index contributed by atoms with van der Waals surface area (Å²) in [6.45, 7) is 1.78. The molecule has 6 heteroatoms. The molecule has 0 fully saturated rings. The zero-order valence-electron chi connectivity index (χ0n) is 14.6. The summed E-state index contributed by atoms with van der Waals surface area (Å²) in [6.07, 6.45) is -0.395. The van der Waals surface area contributed by atoms with Gasteiger partial charge in [-0.25, -0.2) is 10.0 Å². The zero-order valence-corrected chi connectivity index (χ0v) is 14.6. The molecule has 0 spiro atoms. The molecule has 26 heavy (non-hydrogen) atoms. The molecular weight excluding hydrogens is 332 g/mol. The average molecular weight is 352 g/mol. The monoisotopic (exact) mass is 352 g/mol. The van der Waals surface area contributed by atoms with Crippen LogP contribution in [0.1, 0.15) is 17.4 Å². The lowest BCUT2D eigenvalue weighted by Gasteiger charge is -2.21. The molecule has 1 aromatic heterocycles. The van der Waals surface area contributed by atoms with E-state index in [1.165, 1.54) is 13.2 Å². The molecule has 134 valence electrons. The summed E-state index contributed by atoms with van der Waals surface area (Å²) >= 11 is 0. The molecular formula is C20H20N2O4. The molecule has 3 rings (SSSR count). The molecule has 0 saturated carbocycles. The Bertz CT molecular complexity index is 899. The summed E-state index contributed by atoms with van der Waals surface area (Å²) in [6, 6.07) is 18.1. The number of ether oxygens (including phenoxy) is 2. The predicted molar refractivity (Wildman–Crippen MR) is 97.7 cm³/mol. The number of hydroxylamine groups is 2. The maximum atomic E-state index is 12.5. The Kier molecular flexibility index (Phi) is 5.34. The third-order valence-electron chi connectivity index (χ3n) is 3.86. The predicted octanol–water partition coefficient (Wildman–Crippen LogP) is 3.54. The normalized spacial score (nSPS) is 11.8. The van der Waals surface area contributed by atoms with E-state index in [0.717, 1.165) is 5.39 Å². The number of hydrogen-bond donors (Lipinski definition) is 1. The Morgan fingerprint density at radius 3 is 2.58 bits per heavy atom. The zero-order chi connectivity index (χ0) is 18.5. The summed E-state index contributed by atoms with van der Waals surface area (Å²) in [5, 5.41) is 11.6. The lowest BCUT2D eigenvalue weighted by Crippen LogP contribution is -2.36. The summed E-state index contributed by atoms with van der Waals surface area (Å²) in [5.74, 6) is 0.588. The molecule has 0 saturated heterocycles. The van der Waals surface area contributed by atoms with Crippen LogP contribution in [0.3, 0.4) is 0 Å². The number of carbonyl (C=O) groups excluding carboxylic acids is 1. The first-order valence-electron chi connectivity index (χ1n) is 8.24. The van der Waals surface area contributed by atoms with Crippen molar-refractivity contribution < 1.29 is 19.5 Å². The summed E-state index contributed by atoms with van der Waals surface area (Å²) < 4.78 is 11.0. The fourth-order valence-electron chi connectivity index (χ4n) is 2.65. The van der Waals surface area contributed by atoms with E-state index in [1.54, 1.807) is 13.0 Å². The third kappa shape index (κ3) is 3.92. The van der Waals surface area contributed by atoms with Gasteiger partial charge < -0.3 is 9.47 Å². The van der Waals surface area contributed by atoms with Gasteiger partial charge in [0.25, 0.3) is 5.91 Å². The SMILES string of the molecule is COc1cc(C(=O)N(O)C[C@@H](C)Oc2ccccc2)nc2ccccc12. The Morgan fingerprint density at radius 2 is 1.85 bits per heavy atom. The summed E-state index contributed by atoms with van der Waals surface area (Å²) in [7, 11) is 1.53. The molecule has 1 atom stereocenters. The van der Waals surface area contributed by atoms with E-state index in [1.807, 2.05) is 48.5 Å². The Morgan fingerprint density at radius 1 is 1.15 bits per heavy atom. The minimum atomic E-state index is -0.613. The second-order valence-corrected chi connectivity index (χ2v) is 5.86. The molecule has 6 nitrogen and oxygen atoms in total. The van der Waals surface area contributed by atoms with Gasteiger partial charge in [-0.15, -0.1) is 0 Å². The second kappa shape index (κ2) is 7.84. The molecule has 0 radical (unpaired) electrons. The minimum Gasteiger partial charge on any atom is -0.496 e. The average Bonchev–Trinajstić information content (AvgIpc) is 2.67. The van der Waals surface area contributed by atoms with Gasteiger partial charge in [-0.05, 0) is 31.2 Å². The highest BCUT2D eigenvalue weighted by Gasteiger charge is 2.20. The molecule has 3 aromatic rings. The molecule has 0 aliphatic rings. The maximum absolute atomic E-state index is 12.5. The van der Waals surface area contributed by atoms with E-state index < -0.39 is 12.0 Å². The lowest BCUT2D eigenvalue weighted by molar-refractivity contribution is -0.0742. The summed E-state index contributed by atoms with van der Waals surface area (Å²) in [4.78, 5) is 16.9.